The van der Waals surface area contributed by atoms with Crippen LogP contribution in [0.25, 0.3) is 33.1 Å². The van der Waals surface area contributed by atoms with Crippen LogP contribution >= 0.6 is 22.9 Å². The van der Waals surface area contributed by atoms with Crippen molar-refractivity contribution >= 4 is 75.9 Å². The molecule has 6 aromatic rings. The minimum atomic E-state index is -0.248. The zero-order chi connectivity index (χ0) is 29.2. The number of hydrogen-bond acceptors (Lipinski definition) is 4. The molecule has 0 spiro atoms. The standard InChI is InChI=1S/C34H21ClN4OSSe/c1-22-12-18-30(28-11-7-6-10-27(22)28)38(25-15-13-23(35)14-16-25)32-19-17-26(42-32)20-31-33(40)39(24-8-4-3-5-9-24)34(41-31)29(21-36)37-2/h3-20H,1H3/b31-20-,34-29-. The Morgan fingerprint density at radius 3 is 2.40 bits per heavy atom. The second-order valence-corrected chi connectivity index (χ2v) is 13.2. The summed E-state index contributed by atoms with van der Waals surface area (Å²) in [4.78, 5) is 19.3. The summed E-state index contributed by atoms with van der Waals surface area (Å²) in [5, 5.41) is 12.6. The monoisotopic (exact) mass is 648 g/mol. The number of fused-ring (bicyclic) bond motifs is 1. The van der Waals surface area contributed by atoms with Crippen molar-refractivity contribution < 1.29 is 0 Å². The molecule has 6 rings (SSSR count). The Bertz CT molecular complexity index is 2200. The number of halogens is 1. The van der Waals surface area contributed by atoms with Crippen LogP contribution < -0.4 is 19.7 Å². The van der Waals surface area contributed by atoms with Gasteiger partial charge in [0, 0.05) is 0 Å². The molecule has 4 aromatic carbocycles. The fourth-order valence-electron chi connectivity index (χ4n) is 4.85. The predicted molar refractivity (Wildman–Crippen MR) is 174 cm³/mol. The number of nitrogens with zero attached hydrogens (tertiary/aromatic N) is 4. The van der Waals surface area contributed by atoms with Crippen LogP contribution in [0.5, 0.6) is 0 Å². The van der Waals surface area contributed by atoms with E-state index >= 15 is 0 Å². The molecule has 0 radical (unpaired) electrons. The van der Waals surface area contributed by atoms with Gasteiger partial charge in [0.05, 0.1) is 0 Å². The first-order valence-corrected chi connectivity index (χ1v) is 15.8. The summed E-state index contributed by atoms with van der Waals surface area (Å²) < 4.78 is 4.40. The third-order valence-corrected chi connectivity index (χ3v) is 10.3. The first kappa shape index (κ1) is 27.5. The van der Waals surface area contributed by atoms with E-state index in [0.717, 1.165) is 25.8 Å². The average Bonchev–Trinajstić information content (AvgIpc) is 3.61. The third kappa shape index (κ3) is 5.12. The van der Waals surface area contributed by atoms with Crippen molar-refractivity contribution in [2.45, 2.75) is 6.92 Å². The summed E-state index contributed by atoms with van der Waals surface area (Å²) in [7, 11) is 0. The van der Waals surface area contributed by atoms with Crippen molar-refractivity contribution in [3.05, 3.63) is 149 Å². The number of hydrogen-bond donors (Lipinski definition) is 0. The van der Waals surface area contributed by atoms with Gasteiger partial charge in [-0.25, -0.2) is 0 Å². The molecular weight excluding hydrogens is 627 g/mol. The SMILES string of the molecule is [C-]#[N+]/C(C#N)=c1\s/c(=C\c2ccc(N(c3ccc(Cl)cc3)c3ccc(C)c4ccccc34)[se]2)c(=O)n1-c1ccccc1. The summed E-state index contributed by atoms with van der Waals surface area (Å²) in [5.74, 6) is 0. The Balaban J connectivity index is 1.54. The number of thiazole rings is 1. The summed E-state index contributed by atoms with van der Waals surface area (Å²) in [5.41, 5.74) is 3.53. The van der Waals surface area contributed by atoms with Crippen LogP contribution in [0.3, 0.4) is 0 Å². The van der Waals surface area contributed by atoms with Crippen molar-refractivity contribution in [3.63, 3.8) is 0 Å². The number of nitriles is 1. The third-order valence-electron chi connectivity index (χ3n) is 6.81. The first-order valence-electron chi connectivity index (χ1n) is 12.9. The molecule has 0 atom stereocenters. The molecule has 8 heteroatoms. The van der Waals surface area contributed by atoms with E-state index in [-0.39, 0.29) is 25.8 Å². The van der Waals surface area contributed by atoms with E-state index in [1.165, 1.54) is 26.9 Å². The van der Waals surface area contributed by atoms with Gasteiger partial charge in [0.15, 0.2) is 0 Å². The summed E-state index contributed by atoms with van der Waals surface area (Å²) in [6, 6.07) is 35.7. The summed E-state index contributed by atoms with van der Waals surface area (Å²) in [6.45, 7) is 9.62. The van der Waals surface area contributed by atoms with Crippen LogP contribution in [0.15, 0.2) is 108 Å². The Morgan fingerprint density at radius 2 is 1.69 bits per heavy atom. The van der Waals surface area contributed by atoms with Gasteiger partial charge >= 0.3 is 258 Å². The Hall–Kier alpha value is -4.62. The van der Waals surface area contributed by atoms with Gasteiger partial charge in [-0.1, -0.05) is 0 Å². The maximum atomic E-state index is 13.6. The van der Waals surface area contributed by atoms with Crippen molar-refractivity contribution in [3.8, 4) is 11.8 Å². The van der Waals surface area contributed by atoms with E-state index in [0.29, 0.717) is 19.9 Å². The van der Waals surface area contributed by atoms with Crippen LogP contribution in [0.2, 0.25) is 5.02 Å². The second kappa shape index (κ2) is 11.7. The second-order valence-electron chi connectivity index (χ2n) is 9.40. The molecule has 2 heterocycles. The molecule has 0 fully saturated rings. The van der Waals surface area contributed by atoms with Gasteiger partial charge < -0.3 is 0 Å². The van der Waals surface area contributed by atoms with Crippen LogP contribution in [0, 0.1) is 24.8 Å². The number of anilines is 3. The van der Waals surface area contributed by atoms with Gasteiger partial charge in [-0.05, 0) is 0 Å². The average molecular weight is 648 g/mol. The number of para-hydroxylation sites is 1. The maximum absolute atomic E-state index is 13.6. The topological polar surface area (TPSA) is 53.4 Å². The number of rotatable bonds is 5. The summed E-state index contributed by atoms with van der Waals surface area (Å²) >= 11 is 7.29. The van der Waals surface area contributed by atoms with E-state index in [2.05, 4.69) is 59.1 Å². The minimum absolute atomic E-state index is 0.106. The molecule has 0 saturated heterocycles. The summed E-state index contributed by atoms with van der Waals surface area (Å²) in [6.07, 6.45) is 1.89. The first-order chi connectivity index (χ1) is 20.5. The van der Waals surface area contributed by atoms with E-state index in [4.69, 9.17) is 18.2 Å². The van der Waals surface area contributed by atoms with Crippen LogP contribution in [-0.4, -0.2) is 19.1 Å². The predicted octanol–water partition coefficient (Wildman–Crippen LogP) is 6.92. The fourth-order valence-corrected chi connectivity index (χ4v) is 8.25. The van der Waals surface area contributed by atoms with Gasteiger partial charge in [0.1, 0.15) is 0 Å². The van der Waals surface area contributed by atoms with Gasteiger partial charge in [-0.15, -0.1) is 0 Å². The van der Waals surface area contributed by atoms with E-state index in [9.17, 15) is 10.1 Å². The normalized spacial score (nSPS) is 12.1. The van der Waals surface area contributed by atoms with Crippen LogP contribution in [0.1, 0.15) is 10.0 Å². The van der Waals surface area contributed by atoms with Gasteiger partial charge in [-0.2, -0.15) is 0 Å². The number of aryl methyl sites for hydroxylation is 1. The van der Waals surface area contributed by atoms with E-state index < -0.39 is 0 Å². The van der Waals surface area contributed by atoms with Crippen molar-refractivity contribution in [2.75, 3.05) is 4.90 Å². The van der Waals surface area contributed by atoms with Gasteiger partial charge in [0.25, 0.3) is 0 Å². The zero-order valence-corrected chi connectivity index (χ0v) is 25.6. The molecule has 2 aromatic heterocycles. The van der Waals surface area contributed by atoms with Crippen molar-refractivity contribution in [2.24, 2.45) is 0 Å². The molecule has 0 aliphatic carbocycles. The zero-order valence-electron chi connectivity index (χ0n) is 22.3. The van der Waals surface area contributed by atoms with Crippen LogP contribution in [0.4, 0.5) is 15.9 Å². The molecule has 0 bridgehead atoms. The molecule has 0 saturated carbocycles. The fraction of sp³-hybridized carbons (Fsp3) is 0.0294. The molecule has 42 heavy (non-hydrogen) atoms. The van der Waals surface area contributed by atoms with Gasteiger partial charge in [0.2, 0.25) is 0 Å². The quantitative estimate of drug-likeness (QED) is 0.151. The number of aromatic nitrogens is 1. The molecule has 5 nitrogen and oxygen atoms in total. The Kier molecular flexibility index (Phi) is 7.67. The van der Waals surface area contributed by atoms with Crippen molar-refractivity contribution in [1.29, 1.82) is 5.26 Å². The van der Waals surface area contributed by atoms with E-state index in [1.807, 2.05) is 60.7 Å². The number of benzene rings is 4. The molecule has 202 valence electrons. The van der Waals surface area contributed by atoms with Crippen LogP contribution in [-0.2, 0) is 0 Å². The molecule has 0 N–H and O–H groups in total. The molecule has 0 amide bonds. The molecule has 0 aliphatic rings. The Morgan fingerprint density at radius 1 is 0.976 bits per heavy atom. The molecular formula is C34H21ClN4OSSe. The molecule has 0 unspecified atom stereocenters. The van der Waals surface area contributed by atoms with Gasteiger partial charge in [-0.3, -0.25) is 0 Å². The van der Waals surface area contributed by atoms with Crippen molar-refractivity contribution in [1.82, 2.24) is 4.57 Å². The Labute approximate surface area is 257 Å². The molecule has 0 aliphatic heterocycles. The van der Waals surface area contributed by atoms with E-state index in [1.54, 1.807) is 12.1 Å².